The molecule has 0 spiro atoms. The second-order valence-corrected chi connectivity index (χ2v) is 41.8. The fraction of sp³-hybridized carbons (Fsp3) is 0.402. The first-order chi connectivity index (χ1) is 57.0. The van der Waals surface area contributed by atoms with Gasteiger partial charge in [0, 0.05) is 29.8 Å². The monoisotopic (exact) mass is 1780 g/mol. The number of methoxy groups -OCH3 is 3. The summed E-state index contributed by atoms with van der Waals surface area (Å²) in [5, 5.41) is 28.6. The SMILES string of the molecule is C=Cc1cc(OC)cc(OCCOCC(=O)OC(C)(C)C)c1.CCOc1cc(O)cc(CO)c1.COc1cc(C=O)cc(OCCOCC(=O)OC(C)(C)C)c1.COc1cc(CO)cc(OCCOCC(=O)OC(C)(C)C)c1.CP(Br)(c1ccccc1)(c1ccccc1)c1ccccc1.Cc1ccc(S(=O)(=O)OCCOCC(=O)OC(C)(C)C)cc1. The molecule has 29 heteroatoms. The third-order valence-electron chi connectivity index (χ3n) is 15.4. The summed E-state index contributed by atoms with van der Waals surface area (Å²) in [5.41, 5.74) is 1.56. The standard InChI is InChI=1S/C19H18BrP.C17H24O5.C16H24O6.C16H22O6.C15H22O6S.C9H12O3/c1-21(20,17-11-5-2-6-12-17,18-13-7-3-8-14-18)19-15-9-4-10-16-19;1-6-13-9-14(19-5)11-15(10-13)21-8-7-20-12-16(18)22-17(2,3)4;2*1-16(2,3)22-15(18)11-20-5-6-21-14-8-12(10-17)7-13(9-14)19-4;1-12-5-7-13(8-6-12)22(17,18)20-10-9-19-11-14(16)21-15(2,3)4;1-2-12-9-4-7(6-10)3-8(11)5-9/h2-16H,1H3;6,9-11H,1,7-8,12H2,2-5H3;7-9,17H,5-6,10-11H2,1-4H3;7-10H,5-6,11H2,1-4H3;5-8H,9-11H2,1-4H3;3-5,10-11H,2,6H2,1H3. The number of phenols is 1. The van der Waals surface area contributed by atoms with Gasteiger partial charge in [0.1, 0.15) is 121 Å². The smallest absolute Gasteiger partial charge is 0.332 e. The summed E-state index contributed by atoms with van der Waals surface area (Å²) < 4.78 is 107. The van der Waals surface area contributed by atoms with Gasteiger partial charge in [-0.15, -0.1) is 0 Å². The minimum absolute atomic E-state index is 0.0235. The quantitative estimate of drug-likeness (QED) is 0.00813. The predicted octanol–water partition coefficient (Wildman–Crippen LogP) is 15.0. The maximum absolute atomic E-state index is 11.9. The molecule has 121 heavy (non-hydrogen) atoms. The third-order valence-corrected chi connectivity index (χ3v) is 25.0. The zero-order valence-electron chi connectivity index (χ0n) is 72.8. The molecule has 0 unspecified atom stereocenters. The van der Waals surface area contributed by atoms with Crippen molar-refractivity contribution in [3.05, 3.63) is 222 Å². The molecular formula is C92H122BrO26PS. The van der Waals surface area contributed by atoms with Gasteiger partial charge in [-0.2, -0.15) is 8.42 Å². The largest absolute Gasteiger partial charge is 0.458 e. The first-order valence-corrected chi connectivity index (χ1v) is 44.8. The summed E-state index contributed by atoms with van der Waals surface area (Å²) in [7, 11) is 0.848. The zero-order valence-corrected chi connectivity index (χ0v) is 76.1. The Hall–Kier alpha value is -9.97. The van der Waals surface area contributed by atoms with E-state index in [0.717, 1.165) is 11.1 Å². The fourth-order valence-electron chi connectivity index (χ4n) is 10.2. The molecule has 0 aliphatic heterocycles. The number of carbonyl (C=O) groups excluding carboxylic acids is 5. The van der Waals surface area contributed by atoms with E-state index in [1.807, 2.05) is 46.8 Å². The normalized spacial score (nSPS) is 11.5. The van der Waals surface area contributed by atoms with E-state index in [-0.39, 0.29) is 95.9 Å². The number of hydrogen-bond donors (Lipinski definition) is 3. The minimum Gasteiger partial charge on any atom is -0.458 e. The van der Waals surface area contributed by atoms with Crippen molar-refractivity contribution in [2.45, 2.75) is 137 Å². The van der Waals surface area contributed by atoms with E-state index in [4.69, 9.17) is 90.6 Å². The second-order valence-electron chi connectivity index (χ2n) is 30.4. The number of aromatic hydroxyl groups is 1. The molecule has 26 nitrogen and oxygen atoms in total. The number of ether oxygens (including phenoxy) is 15. The summed E-state index contributed by atoms with van der Waals surface area (Å²) in [6, 6.07) is 58.9. The molecule has 0 aromatic heterocycles. The summed E-state index contributed by atoms with van der Waals surface area (Å²) in [6.45, 7) is 32.5. The van der Waals surface area contributed by atoms with E-state index in [1.54, 1.807) is 143 Å². The van der Waals surface area contributed by atoms with Crippen molar-refractivity contribution >= 4 is 83.1 Å². The van der Waals surface area contributed by atoms with Crippen molar-refractivity contribution in [1.29, 1.82) is 0 Å². The molecule has 0 atom stereocenters. The van der Waals surface area contributed by atoms with Crippen LogP contribution in [0.15, 0.2) is 200 Å². The van der Waals surface area contributed by atoms with Gasteiger partial charge in [-0.3, -0.25) is 8.98 Å². The van der Waals surface area contributed by atoms with Crippen molar-refractivity contribution in [2.75, 3.05) is 114 Å². The van der Waals surface area contributed by atoms with Crippen LogP contribution < -0.4 is 49.1 Å². The van der Waals surface area contributed by atoms with Crippen LogP contribution in [0.5, 0.6) is 46.0 Å². The first kappa shape index (κ1) is 105. The topological polar surface area (TPSA) is 328 Å². The maximum atomic E-state index is 11.9. The van der Waals surface area contributed by atoms with Crippen LogP contribution in [0.1, 0.15) is 123 Å². The Morgan fingerprint density at radius 2 is 0.727 bits per heavy atom. The van der Waals surface area contributed by atoms with Crippen LogP contribution in [0, 0.1) is 6.92 Å². The molecule has 0 saturated carbocycles. The number of halogens is 1. The number of hydrogen-bond acceptors (Lipinski definition) is 26. The van der Waals surface area contributed by atoms with Crippen LogP contribution in [0.4, 0.5) is 0 Å². The van der Waals surface area contributed by atoms with E-state index in [1.165, 1.54) is 47.3 Å². The van der Waals surface area contributed by atoms with Gasteiger partial charge < -0.3 is 86.4 Å². The van der Waals surface area contributed by atoms with Crippen LogP contribution in [-0.4, -0.2) is 190 Å². The third kappa shape index (κ3) is 43.4. The number of rotatable bonds is 37. The molecule has 8 aromatic carbocycles. The summed E-state index contributed by atoms with van der Waals surface area (Å²) >= 11 is 4.24. The Labute approximate surface area is 721 Å². The first-order valence-electron chi connectivity index (χ1n) is 38.7. The molecule has 0 radical (unpaired) electrons. The van der Waals surface area contributed by atoms with Crippen molar-refractivity contribution in [2.24, 2.45) is 0 Å². The van der Waals surface area contributed by atoms with Gasteiger partial charge in [0.05, 0.1) is 79.1 Å². The van der Waals surface area contributed by atoms with Crippen LogP contribution in [0.3, 0.4) is 0 Å². The Kier molecular flexibility index (Phi) is 46.1. The average molecular weight is 1790 g/mol. The molecule has 8 aromatic rings. The van der Waals surface area contributed by atoms with Gasteiger partial charge in [0.25, 0.3) is 10.1 Å². The Balaban J connectivity index is 0.000000378. The summed E-state index contributed by atoms with van der Waals surface area (Å²) in [4.78, 5) is 56.5. The van der Waals surface area contributed by atoms with Crippen molar-refractivity contribution in [1.82, 2.24) is 0 Å². The Bertz CT molecular complexity index is 4300. The summed E-state index contributed by atoms with van der Waals surface area (Å²) in [6.07, 6.45) is 2.43. The zero-order chi connectivity index (χ0) is 90.3. The van der Waals surface area contributed by atoms with Crippen LogP contribution >= 0.6 is 20.8 Å². The van der Waals surface area contributed by atoms with Gasteiger partial charge >= 0.3 is 158 Å². The number of benzene rings is 8. The Morgan fingerprint density at radius 3 is 1.06 bits per heavy atom. The molecule has 0 fully saturated rings. The molecule has 0 saturated heterocycles. The van der Waals surface area contributed by atoms with Gasteiger partial charge in [0.2, 0.25) is 0 Å². The number of esters is 4. The van der Waals surface area contributed by atoms with E-state index < -0.39 is 55.7 Å². The number of aryl methyl sites for hydroxylation is 1. The van der Waals surface area contributed by atoms with Crippen LogP contribution in [0.25, 0.3) is 6.08 Å². The van der Waals surface area contributed by atoms with Crippen molar-refractivity contribution in [3.8, 4) is 46.0 Å². The van der Waals surface area contributed by atoms with Gasteiger partial charge in [0.15, 0.2) is 0 Å². The summed E-state index contributed by atoms with van der Waals surface area (Å²) in [5.74, 6) is 2.56. The molecule has 664 valence electrons. The number of aliphatic hydroxyl groups excluding tert-OH is 2. The van der Waals surface area contributed by atoms with Gasteiger partial charge in [-0.25, -0.2) is 19.2 Å². The number of aldehydes is 1. The molecule has 8 rings (SSSR count). The molecule has 0 heterocycles. The molecule has 0 amide bonds. The number of aliphatic hydroxyl groups is 2. The molecule has 0 aliphatic carbocycles. The predicted molar refractivity (Wildman–Crippen MR) is 473 cm³/mol. The minimum atomic E-state index is -3.80. The van der Waals surface area contributed by atoms with E-state index in [0.29, 0.717) is 83.0 Å². The second kappa shape index (κ2) is 53.0. The van der Waals surface area contributed by atoms with Gasteiger partial charge in [-0.1, -0.05) is 30.4 Å². The molecule has 0 aliphatic rings. The Morgan fingerprint density at radius 1 is 0.421 bits per heavy atom. The fourth-order valence-corrected chi connectivity index (χ4v) is 16.8. The molecular weight excluding hydrogens is 1660 g/mol. The van der Waals surface area contributed by atoms with E-state index in [9.17, 15) is 32.4 Å². The molecule has 0 bridgehead atoms. The van der Waals surface area contributed by atoms with E-state index >= 15 is 0 Å². The van der Waals surface area contributed by atoms with Crippen molar-refractivity contribution in [3.63, 3.8) is 0 Å². The average Bonchev–Trinajstić information content (AvgIpc) is 0.718. The number of carbonyl (C=O) groups is 5. The van der Waals surface area contributed by atoms with Crippen LogP contribution in [0.2, 0.25) is 0 Å². The van der Waals surface area contributed by atoms with E-state index in [2.05, 4.69) is 120 Å². The van der Waals surface area contributed by atoms with Gasteiger partial charge in [-0.05, 0) is 174 Å². The maximum Gasteiger partial charge on any atom is 0.332 e. The van der Waals surface area contributed by atoms with Crippen molar-refractivity contribution < 1.29 is 123 Å². The molecule has 3 N–H and O–H groups in total. The number of phenolic OH excluding ortho intramolecular Hbond substituents is 1. The van der Waals surface area contributed by atoms with Crippen LogP contribution in [-0.2, 0) is 84.6 Å².